The number of benzene rings is 2. The highest BCUT2D eigenvalue weighted by molar-refractivity contribution is 5.96. The fourth-order valence-corrected chi connectivity index (χ4v) is 3.10. The lowest BCUT2D eigenvalue weighted by Gasteiger charge is -2.35. The van der Waals surface area contributed by atoms with Crippen molar-refractivity contribution in [3.8, 4) is 11.5 Å². The minimum Gasteiger partial charge on any atom is -0.493 e. The molecule has 148 valence electrons. The van der Waals surface area contributed by atoms with Gasteiger partial charge in [-0.3, -0.25) is 9.59 Å². The van der Waals surface area contributed by atoms with Crippen LogP contribution in [0.4, 0.5) is 8.78 Å². The molecule has 3 rings (SSSR count). The van der Waals surface area contributed by atoms with Gasteiger partial charge in [-0.15, -0.1) is 0 Å². The van der Waals surface area contributed by atoms with Crippen molar-refractivity contribution < 1.29 is 27.8 Å². The van der Waals surface area contributed by atoms with Crippen LogP contribution in [0.15, 0.2) is 36.4 Å². The molecule has 1 fully saturated rings. The van der Waals surface area contributed by atoms with Gasteiger partial charge >= 0.3 is 0 Å². The molecule has 0 atom stereocenters. The molecular weight excluding hydrogens is 370 g/mol. The van der Waals surface area contributed by atoms with E-state index in [-0.39, 0.29) is 24.6 Å². The Labute approximate surface area is 161 Å². The van der Waals surface area contributed by atoms with E-state index >= 15 is 0 Å². The average Bonchev–Trinajstić information content (AvgIpc) is 2.72. The van der Waals surface area contributed by atoms with Crippen molar-refractivity contribution in [2.24, 2.45) is 0 Å². The molecule has 28 heavy (non-hydrogen) atoms. The van der Waals surface area contributed by atoms with Crippen molar-refractivity contribution >= 4 is 11.8 Å². The van der Waals surface area contributed by atoms with Crippen LogP contribution in [0.25, 0.3) is 0 Å². The average molecular weight is 390 g/mol. The summed E-state index contributed by atoms with van der Waals surface area (Å²) in [6.07, 6.45) is 0. The van der Waals surface area contributed by atoms with Gasteiger partial charge in [0.25, 0.3) is 11.8 Å². The van der Waals surface area contributed by atoms with E-state index in [0.29, 0.717) is 36.2 Å². The maximum Gasteiger partial charge on any atom is 0.256 e. The van der Waals surface area contributed by atoms with E-state index in [2.05, 4.69) is 0 Å². The van der Waals surface area contributed by atoms with Gasteiger partial charge in [-0.2, -0.15) is 0 Å². The monoisotopic (exact) mass is 390 g/mol. The van der Waals surface area contributed by atoms with E-state index in [1.165, 1.54) is 19.1 Å². The molecule has 2 aromatic carbocycles. The van der Waals surface area contributed by atoms with E-state index in [4.69, 9.17) is 9.47 Å². The molecule has 2 amide bonds. The van der Waals surface area contributed by atoms with Crippen LogP contribution >= 0.6 is 0 Å². The van der Waals surface area contributed by atoms with Crippen molar-refractivity contribution in [1.82, 2.24) is 9.80 Å². The van der Waals surface area contributed by atoms with E-state index in [9.17, 15) is 18.4 Å². The lowest BCUT2D eigenvalue weighted by Crippen LogP contribution is -2.50. The third kappa shape index (κ3) is 3.90. The Morgan fingerprint density at radius 1 is 0.821 bits per heavy atom. The molecule has 0 aliphatic carbocycles. The molecule has 1 aliphatic heterocycles. The van der Waals surface area contributed by atoms with Crippen molar-refractivity contribution in [2.75, 3.05) is 40.4 Å². The number of hydrogen-bond acceptors (Lipinski definition) is 4. The summed E-state index contributed by atoms with van der Waals surface area (Å²) in [5.74, 6) is -1.37. The summed E-state index contributed by atoms with van der Waals surface area (Å²) >= 11 is 0. The minimum atomic E-state index is -0.895. The minimum absolute atomic E-state index is 0.180. The number of ether oxygens (including phenoxy) is 2. The van der Waals surface area contributed by atoms with Gasteiger partial charge in [0.05, 0.1) is 19.8 Å². The highest BCUT2D eigenvalue weighted by Crippen LogP contribution is 2.28. The summed E-state index contributed by atoms with van der Waals surface area (Å²) in [4.78, 5) is 28.3. The molecule has 0 N–H and O–H groups in total. The molecule has 0 radical (unpaired) electrons. The quantitative estimate of drug-likeness (QED) is 0.805. The number of rotatable bonds is 4. The number of methoxy groups -OCH3 is 2. The molecule has 1 aliphatic rings. The van der Waals surface area contributed by atoms with Crippen LogP contribution in [-0.2, 0) is 0 Å². The lowest BCUT2D eigenvalue weighted by molar-refractivity contribution is 0.0532. The zero-order valence-electron chi connectivity index (χ0n) is 15.6. The summed E-state index contributed by atoms with van der Waals surface area (Å²) < 4.78 is 37.3. The summed E-state index contributed by atoms with van der Waals surface area (Å²) in [5.41, 5.74) is 0.267. The SMILES string of the molecule is COc1ccc(C(=O)N2CCN(C(=O)c3ccc(F)cc3F)CC2)cc1OC. The van der Waals surface area contributed by atoms with Crippen molar-refractivity contribution in [2.45, 2.75) is 0 Å². The number of piperazine rings is 1. The van der Waals surface area contributed by atoms with Crippen LogP contribution in [0.1, 0.15) is 20.7 Å². The summed E-state index contributed by atoms with van der Waals surface area (Å²) in [6, 6.07) is 7.77. The maximum atomic E-state index is 13.8. The van der Waals surface area contributed by atoms with Crippen LogP contribution in [0.2, 0.25) is 0 Å². The van der Waals surface area contributed by atoms with Gasteiger partial charge in [0.15, 0.2) is 11.5 Å². The number of amides is 2. The fraction of sp³-hybridized carbons (Fsp3) is 0.300. The van der Waals surface area contributed by atoms with Gasteiger partial charge in [0.1, 0.15) is 11.6 Å². The molecule has 1 saturated heterocycles. The summed E-state index contributed by atoms with van der Waals surface area (Å²) in [7, 11) is 3.00. The normalized spacial score (nSPS) is 14.0. The molecule has 0 saturated carbocycles. The Bertz CT molecular complexity index is 896. The highest BCUT2D eigenvalue weighted by Gasteiger charge is 2.27. The molecule has 0 bridgehead atoms. The first-order valence-corrected chi connectivity index (χ1v) is 8.70. The van der Waals surface area contributed by atoms with Gasteiger partial charge < -0.3 is 19.3 Å². The fourth-order valence-electron chi connectivity index (χ4n) is 3.10. The van der Waals surface area contributed by atoms with Crippen LogP contribution < -0.4 is 9.47 Å². The zero-order chi connectivity index (χ0) is 20.3. The van der Waals surface area contributed by atoms with Gasteiger partial charge in [-0.25, -0.2) is 8.78 Å². The molecule has 0 unspecified atom stereocenters. The Morgan fingerprint density at radius 3 is 2.00 bits per heavy atom. The lowest BCUT2D eigenvalue weighted by atomic mass is 10.1. The third-order valence-electron chi connectivity index (χ3n) is 4.65. The van der Waals surface area contributed by atoms with Crippen LogP contribution in [0.3, 0.4) is 0 Å². The van der Waals surface area contributed by atoms with Crippen LogP contribution in [0.5, 0.6) is 11.5 Å². The Balaban J connectivity index is 1.66. The second kappa shape index (κ2) is 8.24. The van der Waals surface area contributed by atoms with Gasteiger partial charge in [0.2, 0.25) is 0 Å². The number of carbonyl (C=O) groups excluding carboxylic acids is 2. The molecular formula is C20H20F2N2O4. The van der Waals surface area contributed by atoms with E-state index in [1.807, 2.05) is 0 Å². The first kappa shape index (κ1) is 19.6. The third-order valence-corrected chi connectivity index (χ3v) is 4.65. The maximum absolute atomic E-state index is 13.8. The largest absolute Gasteiger partial charge is 0.493 e. The summed E-state index contributed by atoms with van der Waals surface area (Å²) in [5, 5.41) is 0. The second-order valence-corrected chi connectivity index (χ2v) is 6.28. The van der Waals surface area contributed by atoms with Gasteiger partial charge in [-0.1, -0.05) is 0 Å². The van der Waals surface area contributed by atoms with Crippen LogP contribution in [0, 0.1) is 11.6 Å². The van der Waals surface area contributed by atoms with Crippen molar-refractivity contribution in [1.29, 1.82) is 0 Å². The summed E-state index contributed by atoms with van der Waals surface area (Å²) in [6.45, 7) is 1.13. The number of halogens is 2. The Morgan fingerprint density at radius 2 is 1.43 bits per heavy atom. The smallest absolute Gasteiger partial charge is 0.256 e. The molecule has 6 nitrogen and oxygen atoms in total. The number of nitrogens with zero attached hydrogens (tertiary/aromatic N) is 2. The first-order valence-electron chi connectivity index (χ1n) is 8.70. The Kier molecular flexibility index (Phi) is 5.77. The van der Waals surface area contributed by atoms with Crippen molar-refractivity contribution in [3.05, 3.63) is 59.2 Å². The topological polar surface area (TPSA) is 59.1 Å². The van der Waals surface area contributed by atoms with E-state index in [0.717, 1.165) is 12.1 Å². The molecule has 8 heteroatoms. The van der Waals surface area contributed by atoms with E-state index < -0.39 is 17.5 Å². The molecule has 1 heterocycles. The molecule has 2 aromatic rings. The standard InChI is InChI=1S/C20H20F2N2O4/c1-27-17-6-3-13(11-18(17)28-2)19(25)23-7-9-24(10-8-23)20(26)15-5-4-14(21)12-16(15)22/h3-6,11-12H,7-10H2,1-2H3. The van der Waals surface area contributed by atoms with Crippen molar-refractivity contribution in [3.63, 3.8) is 0 Å². The van der Waals surface area contributed by atoms with Gasteiger partial charge in [0, 0.05) is 37.8 Å². The number of carbonyl (C=O) groups is 2. The highest BCUT2D eigenvalue weighted by atomic mass is 19.1. The zero-order valence-corrected chi connectivity index (χ0v) is 15.6. The second-order valence-electron chi connectivity index (χ2n) is 6.28. The predicted molar refractivity (Wildman–Crippen MR) is 97.7 cm³/mol. The van der Waals surface area contributed by atoms with Gasteiger partial charge in [-0.05, 0) is 30.3 Å². The van der Waals surface area contributed by atoms with Crippen LogP contribution in [-0.4, -0.2) is 62.0 Å². The first-order chi connectivity index (χ1) is 13.4. The number of hydrogen-bond donors (Lipinski definition) is 0. The van der Waals surface area contributed by atoms with E-state index in [1.54, 1.807) is 23.1 Å². The Hall–Kier alpha value is -3.16. The molecule has 0 spiro atoms. The predicted octanol–water partition coefficient (Wildman–Crippen LogP) is 2.58. The molecule has 0 aromatic heterocycles.